The van der Waals surface area contributed by atoms with Gasteiger partial charge in [-0.3, -0.25) is 38.3 Å². The first-order valence-electron chi connectivity index (χ1n) is 12.6. The maximum Gasteiger partial charge on any atom is 0.253 e. The van der Waals surface area contributed by atoms with Crippen molar-refractivity contribution in [2.24, 2.45) is 0 Å². The van der Waals surface area contributed by atoms with Crippen LogP contribution in [0.25, 0.3) is 6.08 Å². The van der Waals surface area contributed by atoms with E-state index >= 15 is 0 Å². The number of hydrogen-bond donors (Lipinski definition) is 0. The third-order valence-corrected chi connectivity index (χ3v) is 6.90. The standard InChI is InChI=1S/C12H11N3O2.C10H16NO4P.C5H4N2O/c16-11-3-1-2-8-15(11)12(17)5-4-10-6-7-13-14-9-10;1-3-15-16(2,14)8-10(13)11-7-5-4-6-9(11)12;8-4-5-1-2-6-7-3-5/h1,3-7,9H,2,8H2;4,6H,3,5,7-8H2,1-2H3;1-4H/b5-4+;;. The van der Waals surface area contributed by atoms with Crippen molar-refractivity contribution in [2.45, 2.75) is 19.8 Å². The number of aromatic nitrogens is 4. The van der Waals surface area contributed by atoms with Crippen LogP contribution in [0.3, 0.4) is 0 Å². The highest BCUT2D eigenvalue weighted by Gasteiger charge is 2.28. The third-order valence-electron chi connectivity index (χ3n) is 5.25. The molecule has 0 aromatic carbocycles. The van der Waals surface area contributed by atoms with Crippen molar-refractivity contribution < 1.29 is 33.1 Å². The van der Waals surface area contributed by atoms with E-state index in [0.29, 0.717) is 38.1 Å². The fraction of sp³-hybridized carbons (Fsp3) is 0.296. The van der Waals surface area contributed by atoms with Crippen LogP contribution in [0.1, 0.15) is 35.7 Å². The zero-order chi connectivity index (χ0) is 30.1. The molecule has 0 fully saturated rings. The Labute approximate surface area is 237 Å². The molecule has 4 rings (SSSR count). The SMILES string of the molecule is CCOP(C)(=O)CC(=O)N1CCC=CC1=O.O=C1C=CCCN1C(=O)/C=C/c1ccnnc1.O=Cc1ccnnc1. The number of hydrogen-bond acceptors (Lipinski definition) is 11. The number of carbonyl (C=O) groups excluding carboxylic acids is 5. The molecule has 0 spiro atoms. The van der Waals surface area contributed by atoms with Crippen LogP contribution in [0.5, 0.6) is 0 Å². The Hall–Kier alpha value is -4.48. The predicted octanol–water partition coefficient (Wildman–Crippen LogP) is 2.34. The van der Waals surface area contributed by atoms with E-state index in [1.807, 2.05) is 0 Å². The minimum atomic E-state index is -2.91. The Morgan fingerprint density at radius 2 is 1.49 bits per heavy atom. The molecule has 1 unspecified atom stereocenters. The molecular weight excluding hydrogens is 551 g/mol. The highest BCUT2D eigenvalue weighted by Crippen LogP contribution is 2.42. The number of nitrogens with zero attached hydrogens (tertiary/aromatic N) is 6. The van der Waals surface area contributed by atoms with Crippen molar-refractivity contribution in [1.82, 2.24) is 30.2 Å². The Kier molecular flexibility index (Phi) is 13.8. The number of imide groups is 2. The topological polar surface area (TPSA) is 170 Å². The van der Waals surface area contributed by atoms with Crippen LogP contribution in [-0.4, -0.2) is 92.6 Å². The van der Waals surface area contributed by atoms with Gasteiger partial charge in [0.1, 0.15) is 6.16 Å². The summed E-state index contributed by atoms with van der Waals surface area (Å²) in [6.45, 7) is 4.23. The zero-order valence-corrected chi connectivity index (χ0v) is 23.6. The summed E-state index contributed by atoms with van der Waals surface area (Å²) in [6, 6.07) is 3.33. The highest BCUT2D eigenvalue weighted by atomic mass is 31.2. The Morgan fingerprint density at radius 1 is 0.927 bits per heavy atom. The van der Waals surface area contributed by atoms with Crippen molar-refractivity contribution in [1.29, 1.82) is 0 Å². The first-order chi connectivity index (χ1) is 19.7. The molecule has 2 aromatic heterocycles. The van der Waals surface area contributed by atoms with Gasteiger partial charge in [0.2, 0.25) is 13.3 Å². The second kappa shape index (κ2) is 17.3. The van der Waals surface area contributed by atoms with Crippen LogP contribution in [0.2, 0.25) is 0 Å². The fourth-order valence-corrected chi connectivity index (χ4v) is 4.62. The smallest absolute Gasteiger partial charge is 0.253 e. The van der Waals surface area contributed by atoms with E-state index in [-0.39, 0.29) is 23.9 Å². The van der Waals surface area contributed by atoms with E-state index in [1.165, 1.54) is 42.2 Å². The van der Waals surface area contributed by atoms with Gasteiger partial charge >= 0.3 is 0 Å². The lowest BCUT2D eigenvalue weighted by Gasteiger charge is -2.23. The molecule has 2 aliphatic rings. The van der Waals surface area contributed by atoms with Gasteiger partial charge < -0.3 is 4.52 Å². The van der Waals surface area contributed by atoms with Gasteiger partial charge in [-0.05, 0) is 55.7 Å². The van der Waals surface area contributed by atoms with Crippen molar-refractivity contribution in [3.8, 4) is 0 Å². The molecule has 0 bridgehead atoms. The molecular formula is C27H31N6O7P. The van der Waals surface area contributed by atoms with E-state index in [0.717, 1.165) is 16.7 Å². The molecule has 0 N–H and O–H groups in total. The van der Waals surface area contributed by atoms with Crippen LogP contribution < -0.4 is 0 Å². The van der Waals surface area contributed by atoms with Gasteiger partial charge in [0.25, 0.3) is 17.7 Å². The molecule has 2 aromatic rings. The lowest BCUT2D eigenvalue weighted by molar-refractivity contribution is -0.141. The monoisotopic (exact) mass is 582 g/mol. The molecule has 2 aliphatic heterocycles. The lowest BCUT2D eigenvalue weighted by Crippen LogP contribution is -2.39. The van der Waals surface area contributed by atoms with Crippen molar-refractivity contribution in [3.63, 3.8) is 0 Å². The summed E-state index contributed by atoms with van der Waals surface area (Å²) in [5, 5.41) is 14.3. The van der Waals surface area contributed by atoms with Gasteiger partial charge in [0, 0.05) is 31.4 Å². The largest absolute Gasteiger partial charge is 0.329 e. The zero-order valence-electron chi connectivity index (χ0n) is 22.7. The van der Waals surface area contributed by atoms with Crippen molar-refractivity contribution >= 4 is 43.4 Å². The Bertz CT molecular complexity index is 1330. The molecule has 41 heavy (non-hydrogen) atoms. The average Bonchev–Trinajstić information content (AvgIpc) is 2.97. The van der Waals surface area contributed by atoms with Gasteiger partial charge in [0.05, 0.1) is 31.4 Å². The third kappa shape index (κ3) is 12.1. The number of carbonyl (C=O) groups is 5. The van der Waals surface area contributed by atoms with E-state index in [2.05, 4.69) is 20.4 Å². The molecule has 13 nitrogen and oxygen atoms in total. The minimum absolute atomic E-state index is 0.208. The maximum absolute atomic E-state index is 11.8. The summed E-state index contributed by atoms with van der Waals surface area (Å²) in [6.07, 6.45) is 17.1. The molecule has 0 saturated carbocycles. The molecule has 4 heterocycles. The summed E-state index contributed by atoms with van der Waals surface area (Å²) in [5.74, 6) is -1.34. The molecule has 0 saturated heterocycles. The maximum atomic E-state index is 11.8. The normalized spacial score (nSPS) is 15.8. The number of rotatable bonds is 7. The van der Waals surface area contributed by atoms with Gasteiger partial charge in [-0.25, -0.2) is 0 Å². The molecule has 0 aliphatic carbocycles. The first kappa shape index (κ1) is 32.7. The Balaban J connectivity index is 0.000000229. The number of amides is 4. The van der Waals surface area contributed by atoms with E-state index in [9.17, 15) is 28.5 Å². The van der Waals surface area contributed by atoms with Crippen LogP contribution in [0.4, 0.5) is 0 Å². The van der Waals surface area contributed by atoms with Crippen LogP contribution in [-0.2, 0) is 28.3 Å². The predicted molar refractivity (Wildman–Crippen MR) is 149 cm³/mol. The molecule has 0 radical (unpaired) electrons. The molecule has 1 atom stereocenters. The van der Waals surface area contributed by atoms with Gasteiger partial charge in [-0.1, -0.05) is 12.2 Å². The van der Waals surface area contributed by atoms with E-state index in [1.54, 1.807) is 49.7 Å². The summed E-state index contributed by atoms with van der Waals surface area (Å²) >= 11 is 0. The molecule has 4 amide bonds. The van der Waals surface area contributed by atoms with E-state index in [4.69, 9.17) is 4.52 Å². The fourth-order valence-electron chi connectivity index (χ4n) is 3.32. The van der Waals surface area contributed by atoms with E-state index < -0.39 is 13.3 Å². The summed E-state index contributed by atoms with van der Waals surface area (Å²) in [7, 11) is -2.91. The first-order valence-corrected chi connectivity index (χ1v) is 14.8. The summed E-state index contributed by atoms with van der Waals surface area (Å²) in [4.78, 5) is 58.5. The average molecular weight is 583 g/mol. The summed E-state index contributed by atoms with van der Waals surface area (Å²) < 4.78 is 16.8. The second-order valence-electron chi connectivity index (χ2n) is 8.49. The van der Waals surface area contributed by atoms with Gasteiger partial charge in [-0.15, -0.1) is 0 Å². The van der Waals surface area contributed by atoms with Crippen molar-refractivity contribution in [3.05, 3.63) is 78.4 Å². The molecule has 216 valence electrons. The summed E-state index contributed by atoms with van der Waals surface area (Å²) in [5.41, 5.74) is 1.33. The van der Waals surface area contributed by atoms with Gasteiger partial charge in [0.15, 0.2) is 6.29 Å². The minimum Gasteiger partial charge on any atom is -0.329 e. The number of aldehydes is 1. The Morgan fingerprint density at radius 3 is 1.95 bits per heavy atom. The van der Waals surface area contributed by atoms with Crippen LogP contribution >= 0.6 is 7.37 Å². The van der Waals surface area contributed by atoms with Gasteiger partial charge in [-0.2, -0.15) is 20.4 Å². The second-order valence-corrected chi connectivity index (χ2v) is 11.1. The lowest BCUT2D eigenvalue weighted by atomic mass is 10.2. The van der Waals surface area contributed by atoms with Crippen LogP contribution in [0.15, 0.2) is 67.3 Å². The quantitative estimate of drug-likeness (QED) is 0.267. The molecule has 14 heteroatoms. The van der Waals surface area contributed by atoms with Crippen molar-refractivity contribution in [2.75, 3.05) is 32.5 Å². The highest BCUT2D eigenvalue weighted by molar-refractivity contribution is 7.59. The van der Waals surface area contributed by atoms with Crippen LogP contribution in [0, 0.1) is 0 Å².